The van der Waals surface area contributed by atoms with E-state index >= 15 is 8.78 Å². The SMILES string of the molecule is CC1COc2c(N3CCN(C(=N)CC(=N)N4CCN(c5c(F)cc6c(=O)c(C(=O)O)cn7c6c5OCC7C)CC4)CC3)c(F)cc3c(=O)ccn1c23. The zero-order valence-corrected chi connectivity index (χ0v) is 28.7. The van der Waals surface area contributed by atoms with Gasteiger partial charge < -0.3 is 43.3 Å². The first-order chi connectivity index (χ1) is 24.9. The number of benzene rings is 2. The second-order valence-electron chi connectivity index (χ2n) is 13.9. The maximum absolute atomic E-state index is 15.7. The Balaban J connectivity index is 0.926. The van der Waals surface area contributed by atoms with Crippen molar-refractivity contribution < 1.29 is 28.2 Å². The Morgan fingerprint density at radius 3 is 1.79 bits per heavy atom. The lowest BCUT2D eigenvalue weighted by Gasteiger charge is -2.41. The highest BCUT2D eigenvalue weighted by atomic mass is 19.1. The fraction of sp³-hybridized carbons (Fsp3) is 0.417. The van der Waals surface area contributed by atoms with E-state index in [1.54, 1.807) is 10.8 Å². The van der Waals surface area contributed by atoms with Crippen molar-refractivity contribution in [1.29, 1.82) is 10.8 Å². The molecule has 0 spiro atoms. The molecule has 2 atom stereocenters. The summed E-state index contributed by atoms with van der Waals surface area (Å²) in [6, 6.07) is 3.55. The van der Waals surface area contributed by atoms with E-state index in [1.165, 1.54) is 18.3 Å². The average molecular weight is 717 g/mol. The number of hydrogen-bond acceptors (Lipinski definition) is 9. The van der Waals surface area contributed by atoms with Crippen LogP contribution in [0, 0.1) is 22.5 Å². The summed E-state index contributed by atoms with van der Waals surface area (Å²) in [4.78, 5) is 44.7. The second kappa shape index (κ2) is 12.5. The molecule has 4 aromatic rings. The first-order valence-electron chi connectivity index (χ1n) is 17.3. The first-order valence-corrected chi connectivity index (χ1v) is 17.3. The third kappa shape index (κ3) is 5.30. The van der Waals surface area contributed by atoms with Crippen molar-refractivity contribution in [3.63, 3.8) is 0 Å². The largest absolute Gasteiger partial charge is 0.487 e. The van der Waals surface area contributed by atoms with Gasteiger partial charge in [0, 0.05) is 70.8 Å². The fourth-order valence-electron chi connectivity index (χ4n) is 7.89. The Hall–Kier alpha value is -5.67. The van der Waals surface area contributed by atoms with Crippen molar-refractivity contribution in [2.45, 2.75) is 32.4 Å². The van der Waals surface area contributed by atoms with Crippen molar-refractivity contribution in [1.82, 2.24) is 18.9 Å². The zero-order chi connectivity index (χ0) is 36.6. The van der Waals surface area contributed by atoms with Gasteiger partial charge in [-0.05, 0) is 26.0 Å². The van der Waals surface area contributed by atoms with Crippen LogP contribution in [0.5, 0.6) is 11.5 Å². The predicted molar refractivity (Wildman–Crippen MR) is 191 cm³/mol. The molecule has 0 aliphatic carbocycles. The number of carboxylic acids is 1. The summed E-state index contributed by atoms with van der Waals surface area (Å²) in [5, 5.41) is 27.4. The van der Waals surface area contributed by atoms with Crippen molar-refractivity contribution in [3.8, 4) is 11.5 Å². The number of nitrogens with zero attached hydrogens (tertiary/aromatic N) is 6. The Morgan fingerprint density at radius 2 is 1.27 bits per heavy atom. The fourth-order valence-corrected chi connectivity index (χ4v) is 7.89. The van der Waals surface area contributed by atoms with Crippen LogP contribution in [0.4, 0.5) is 20.2 Å². The number of amidine groups is 2. The lowest BCUT2D eigenvalue weighted by atomic mass is 10.1. The molecule has 3 N–H and O–H groups in total. The van der Waals surface area contributed by atoms with Gasteiger partial charge in [-0.2, -0.15) is 0 Å². The number of piperazine rings is 2. The van der Waals surface area contributed by atoms with Gasteiger partial charge in [-0.15, -0.1) is 0 Å². The van der Waals surface area contributed by atoms with E-state index in [-0.39, 0.29) is 64.4 Å². The molecule has 2 unspecified atom stereocenters. The van der Waals surface area contributed by atoms with E-state index in [1.807, 2.05) is 38.0 Å². The average Bonchev–Trinajstić information content (AvgIpc) is 3.12. The van der Waals surface area contributed by atoms with Gasteiger partial charge in [-0.25, -0.2) is 13.6 Å². The molecule has 0 amide bonds. The molecule has 14 nitrogen and oxygen atoms in total. The van der Waals surface area contributed by atoms with Gasteiger partial charge >= 0.3 is 5.97 Å². The predicted octanol–water partition coefficient (Wildman–Crippen LogP) is 3.49. The number of ether oxygens (including phenoxy) is 2. The van der Waals surface area contributed by atoms with E-state index in [4.69, 9.17) is 20.3 Å². The van der Waals surface area contributed by atoms with Crippen LogP contribution in [-0.2, 0) is 0 Å². The molecule has 4 aliphatic rings. The molecule has 8 rings (SSSR count). The highest BCUT2D eigenvalue weighted by Crippen LogP contribution is 2.43. The first kappa shape index (κ1) is 33.5. The molecule has 272 valence electrons. The number of rotatable bonds is 5. The second-order valence-corrected chi connectivity index (χ2v) is 13.9. The number of carbonyl (C=O) groups is 1. The number of anilines is 2. The van der Waals surface area contributed by atoms with Crippen LogP contribution in [-0.4, -0.2) is 107 Å². The number of hydrogen-bond donors (Lipinski definition) is 3. The molecular formula is C36H38F2N8O6. The third-order valence-electron chi connectivity index (χ3n) is 10.7. The van der Waals surface area contributed by atoms with Gasteiger partial charge in [0.15, 0.2) is 28.6 Å². The van der Waals surface area contributed by atoms with Crippen LogP contribution < -0.4 is 30.1 Å². The van der Waals surface area contributed by atoms with Crippen molar-refractivity contribution in [2.75, 3.05) is 75.4 Å². The van der Waals surface area contributed by atoms with E-state index in [0.29, 0.717) is 81.4 Å². The van der Waals surface area contributed by atoms with Crippen LogP contribution in [0.1, 0.15) is 42.7 Å². The molecular weight excluding hydrogens is 678 g/mol. The minimum Gasteiger partial charge on any atom is -0.487 e. The maximum atomic E-state index is 15.7. The molecule has 6 heterocycles. The van der Waals surface area contributed by atoms with E-state index in [2.05, 4.69) is 0 Å². The Kier molecular flexibility index (Phi) is 8.06. The van der Waals surface area contributed by atoms with Gasteiger partial charge in [0.05, 0.1) is 40.3 Å². The van der Waals surface area contributed by atoms with E-state index in [0.717, 1.165) is 6.07 Å². The topological polar surface area (TPSA) is 160 Å². The van der Waals surface area contributed by atoms with Gasteiger partial charge in [0.1, 0.15) is 41.8 Å². The summed E-state index contributed by atoms with van der Waals surface area (Å²) < 4.78 is 46.9. The van der Waals surface area contributed by atoms with Crippen LogP contribution in [0.2, 0.25) is 0 Å². The van der Waals surface area contributed by atoms with Crippen molar-refractivity contribution >= 4 is 50.8 Å². The normalized spacial score (nSPS) is 19.8. The number of halogens is 2. The molecule has 4 aliphatic heterocycles. The smallest absolute Gasteiger partial charge is 0.341 e. The Morgan fingerprint density at radius 1 is 0.788 bits per heavy atom. The van der Waals surface area contributed by atoms with Crippen LogP contribution in [0.15, 0.2) is 40.2 Å². The lowest BCUT2D eigenvalue weighted by Crippen LogP contribution is -2.52. The molecule has 16 heteroatoms. The third-order valence-corrected chi connectivity index (χ3v) is 10.7. The minimum atomic E-state index is -1.38. The van der Waals surface area contributed by atoms with Gasteiger partial charge in [-0.1, -0.05) is 0 Å². The molecule has 2 saturated heterocycles. The number of aromatic carboxylic acids is 1. The summed E-state index contributed by atoms with van der Waals surface area (Å²) in [6.45, 7) is 7.57. The molecule has 2 aromatic carbocycles. The monoisotopic (exact) mass is 716 g/mol. The molecule has 0 saturated carbocycles. The number of pyridine rings is 2. The molecule has 0 bridgehead atoms. The minimum absolute atomic E-state index is 0.00840. The van der Waals surface area contributed by atoms with Gasteiger partial charge in [0.2, 0.25) is 5.43 Å². The van der Waals surface area contributed by atoms with E-state index < -0.39 is 28.6 Å². The summed E-state index contributed by atoms with van der Waals surface area (Å²) in [5.41, 5.74) is 0.0138. The molecule has 2 fully saturated rings. The summed E-state index contributed by atoms with van der Waals surface area (Å²) >= 11 is 0. The molecule has 52 heavy (non-hydrogen) atoms. The van der Waals surface area contributed by atoms with E-state index in [9.17, 15) is 19.5 Å². The Labute approximate surface area is 296 Å². The number of carboxylic acid groups (broad SMARTS) is 1. The summed E-state index contributed by atoms with van der Waals surface area (Å²) in [7, 11) is 0. The number of aromatic nitrogens is 2. The molecule has 2 aromatic heterocycles. The highest BCUT2D eigenvalue weighted by molar-refractivity contribution is 6.00. The maximum Gasteiger partial charge on any atom is 0.341 e. The van der Waals surface area contributed by atoms with Gasteiger partial charge in [0.25, 0.3) is 0 Å². The Bertz CT molecular complexity index is 2310. The lowest BCUT2D eigenvalue weighted by molar-refractivity contribution is 0.0694. The van der Waals surface area contributed by atoms with Gasteiger partial charge in [-0.3, -0.25) is 20.4 Å². The zero-order valence-electron chi connectivity index (χ0n) is 28.7. The summed E-state index contributed by atoms with van der Waals surface area (Å²) in [6.07, 6.45) is 3.12. The standard InChI is InChI=1S/C36H38F2N8O6/c1-19-17-51-34-29-21(26(47)3-4-45(19)29)13-24(37)31(34)43-9-5-41(6-10-43)27(39)15-28(40)42-7-11-44(12-8-42)32-25(38)14-22-30-35(32)52-18-20(2)46(30)16-23(33(22)48)36(49)50/h3-4,13-14,16,19-20,39-40H,5-12,15,17-18H2,1-2H3,(H,49,50). The highest BCUT2D eigenvalue weighted by Gasteiger charge is 2.33. The van der Waals surface area contributed by atoms with Crippen LogP contribution in [0.3, 0.4) is 0 Å². The van der Waals surface area contributed by atoms with Crippen LogP contribution in [0.25, 0.3) is 21.8 Å². The summed E-state index contributed by atoms with van der Waals surface area (Å²) in [5.74, 6) is -1.47. The van der Waals surface area contributed by atoms with Crippen LogP contribution >= 0.6 is 0 Å². The van der Waals surface area contributed by atoms with Crippen molar-refractivity contribution in [2.24, 2.45) is 0 Å². The molecule has 0 radical (unpaired) electrons. The number of nitrogens with one attached hydrogen (secondary N) is 2. The van der Waals surface area contributed by atoms with Crippen molar-refractivity contribution in [3.05, 3.63) is 68.2 Å². The quantitative estimate of drug-likeness (QED) is 0.206.